The molecular formula is C7H15NO3. The van der Waals surface area contributed by atoms with Crippen molar-refractivity contribution < 1.29 is 14.9 Å². The van der Waals surface area contributed by atoms with Gasteiger partial charge in [0.25, 0.3) is 0 Å². The number of rotatable bonds is 1. The van der Waals surface area contributed by atoms with Gasteiger partial charge in [-0.2, -0.15) is 0 Å². The third kappa shape index (κ3) is 1.90. The molecule has 1 aliphatic heterocycles. The lowest BCUT2D eigenvalue weighted by Gasteiger charge is -2.35. The van der Waals surface area contributed by atoms with E-state index in [1.165, 1.54) is 0 Å². The minimum Gasteiger partial charge on any atom is -0.389 e. The number of aliphatic hydroxyl groups excluding tert-OH is 2. The fraction of sp³-hybridized carbons (Fsp3) is 1.00. The van der Waals surface area contributed by atoms with Crippen LogP contribution in [0.3, 0.4) is 0 Å². The van der Waals surface area contributed by atoms with Crippen LogP contribution in [0.15, 0.2) is 0 Å². The van der Waals surface area contributed by atoms with Gasteiger partial charge in [0, 0.05) is 12.5 Å². The first kappa shape index (κ1) is 8.93. The second-order valence-electron chi connectivity index (χ2n) is 2.92. The van der Waals surface area contributed by atoms with Crippen molar-refractivity contribution in [1.29, 1.82) is 0 Å². The van der Waals surface area contributed by atoms with E-state index < -0.39 is 12.4 Å². The summed E-state index contributed by atoms with van der Waals surface area (Å²) in [5, 5.41) is 21.5. The fourth-order valence-corrected chi connectivity index (χ4v) is 1.36. The van der Waals surface area contributed by atoms with Crippen LogP contribution in [-0.2, 0) is 4.74 Å². The zero-order valence-electron chi connectivity index (χ0n) is 6.82. The van der Waals surface area contributed by atoms with Crippen LogP contribution in [0.5, 0.6) is 0 Å². The highest BCUT2D eigenvalue weighted by atomic mass is 16.6. The van der Waals surface area contributed by atoms with Crippen LogP contribution >= 0.6 is 0 Å². The average Bonchev–Trinajstić information content (AvgIpc) is 1.96. The first-order chi connectivity index (χ1) is 5.15. The molecule has 4 atom stereocenters. The normalized spacial score (nSPS) is 45.8. The molecule has 0 aromatic carbocycles. The molecule has 1 aliphatic rings. The number of hydrogen-bond donors (Lipinski definition) is 3. The lowest BCUT2D eigenvalue weighted by atomic mass is 10.0. The van der Waals surface area contributed by atoms with Crippen molar-refractivity contribution in [2.75, 3.05) is 7.05 Å². The topological polar surface area (TPSA) is 61.7 Å². The Balaban J connectivity index is 2.51. The lowest BCUT2D eigenvalue weighted by Crippen LogP contribution is -2.52. The Kier molecular flexibility index (Phi) is 2.84. The molecule has 1 rings (SSSR count). The third-order valence-corrected chi connectivity index (χ3v) is 2.09. The van der Waals surface area contributed by atoms with Gasteiger partial charge in [-0.3, -0.25) is 0 Å². The first-order valence-electron chi connectivity index (χ1n) is 3.84. The zero-order chi connectivity index (χ0) is 8.43. The molecule has 0 saturated carbocycles. The van der Waals surface area contributed by atoms with E-state index in [0.29, 0.717) is 6.42 Å². The molecule has 0 amide bonds. The van der Waals surface area contributed by atoms with Gasteiger partial charge in [0.15, 0.2) is 6.29 Å². The molecule has 66 valence electrons. The monoisotopic (exact) mass is 161 g/mol. The van der Waals surface area contributed by atoms with Gasteiger partial charge in [0.05, 0.1) is 12.2 Å². The maximum absolute atomic E-state index is 9.46. The number of aliphatic hydroxyl groups is 2. The third-order valence-electron chi connectivity index (χ3n) is 2.09. The Morgan fingerprint density at radius 3 is 2.64 bits per heavy atom. The molecule has 0 bridgehead atoms. The van der Waals surface area contributed by atoms with Crippen molar-refractivity contribution in [3.05, 3.63) is 0 Å². The maximum Gasteiger partial charge on any atom is 0.156 e. The summed E-state index contributed by atoms with van der Waals surface area (Å²) in [6, 6.07) is -0.0613. The van der Waals surface area contributed by atoms with E-state index >= 15 is 0 Å². The molecule has 0 aromatic heterocycles. The smallest absolute Gasteiger partial charge is 0.156 e. The summed E-state index contributed by atoms with van der Waals surface area (Å²) in [5.74, 6) is 0. The lowest BCUT2D eigenvalue weighted by molar-refractivity contribution is -0.201. The van der Waals surface area contributed by atoms with Crippen LogP contribution in [0, 0.1) is 0 Å². The molecule has 1 saturated heterocycles. The summed E-state index contributed by atoms with van der Waals surface area (Å²) in [6.07, 6.45) is -1.12. The van der Waals surface area contributed by atoms with Crippen molar-refractivity contribution >= 4 is 0 Å². The van der Waals surface area contributed by atoms with Gasteiger partial charge >= 0.3 is 0 Å². The molecule has 4 heteroatoms. The summed E-state index contributed by atoms with van der Waals surface area (Å²) >= 11 is 0. The van der Waals surface area contributed by atoms with Gasteiger partial charge in [-0.05, 0) is 14.0 Å². The summed E-state index contributed by atoms with van der Waals surface area (Å²) < 4.78 is 5.00. The van der Waals surface area contributed by atoms with Crippen LogP contribution in [0.25, 0.3) is 0 Å². The molecule has 0 unspecified atom stereocenters. The second-order valence-corrected chi connectivity index (χ2v) is 2.92. The van der Waals surface area contributed by atoms with Crippen LogP contribution in [-0.4, -0.2) is 41.8 Å². The van der Waals surface area contributed by atoms with Crippen molar-refractivity contribution in [2.45, 2.75) is 37.9 Å². The Bertz CT molecular complexity index is 131. The van der Waals surface area contributed by atoms with Crippen molar-refractivity contribution in [1.82, 2.24) is 5.32 Å². The van der Waals surface area contributed by atoms with E-state index in [4.69, 9.17) is 9.84 Å². The molecule has 11 heavy (non-hydrogen) atoms. The first-order valence-corrected chi connectivity index (χ1v) is 3.84. The Morgan fingerprint density at radius 2 is 2.09 bits per heavy atom. The van der Waals surface area contributed by atoms with Crippen molar-refractivity contribution in [3.8, 4) is 0 Å². The van der Waals surface area contributed by atoms with Crippen LogP contribution in [0.4, 0.5) is 0 Å². The van der Waals surface area contributed by atoms with Gasteiger partial charge in [-0.15, -0.1) is 0 Å². The van der Waals surface area contributed by atoms with E-state index in [-0.39, 0.29) is 12.1 Å². The molecule has 3 N–H and O–H groups in total. The highest BCUT2D eigenvalue weighted by Gasteiger charge is 2.33. The number of likely N-dealkylation sites (N-methyl/N-ethyl adjacent to an activating group) is 1. The highest BCUT2D eigenvalue weighted by Crippen LogP contribution is 2.17. The number of hydrogen-bond acceptors (Lipinski definition) is 4. The largest absolute Gasteiger partial charge is 0.389 e. The average molecular weight is 161 g/mol. The predicted octanol–water partition coefficient (Wildman–Crippen LogP) is -0.938. The molecule has 4 nitrogen and oxygen atoms in total. The predicted molar refractivity (Wildman–Crippen MR) is 40.0 cm³/mol. The van der Waals surface area contributed by atoms with Crippen molar-refractivity contribution in [3.63, 3.8) is 0 Å². The molecule has 0 radical (unpaired) electrons. The van der Waals surface area contributed by atoms with E-state index in [9.17, 15) is 5.11 Å². The summed E-state index contributed by atoms with van der Waals surface area (Å²) in [4.78, 5) is 0. The zero-order valence-corrected chi connectivity index (χ0v) is 6.82. The minimum atomic E-state index is -0.745. The van der Waals surface area contributed by atoms with Crippen LogP contribution < -0.4 is 5.32 Å². The van der Waals surface area contributed by atoms with Crippen LogP contribution in [0.1, 0.15) is 13.3 Å². The number of nitrogens with one attached hydrogen (secondary N) is 1. The highest BCUT2D eigenvalue weighted by molar-refractivity contribution is 4.84. The van der Waals surface area contributed by atoms with E-state index in [1.54, 1.807) is 14.0 Å². The summed E-state index contributed by atoms with van der Waals surface area (Å²) in [6.45, 7) is 1.75. The summed E-state index contributed by atoms with van der Waals surface area (Å²) in [7, 11) is 1.76. The standard InChI is InChI=1S/C7H15NO3/c1-4-7(10)5(8-2)3-6(9)11-4/h4-10H,3H2,1-2H3/t4-,5-,6+,7+/m0/s1. The molecule has 0 aromatic rings. The summed E-state index contributed by atoms with van der Waals surface area (Å²) in [5.41, 5.74) is 0. The van der Waals surface area contributed by atoms with Gasteiger partial charge < -0.3 is 20.3 Å². The quantitative estimate of drug-likeness (QED) is 0.464. The molecule has 0 spiro atoms. The molecular weight excluding hydrogens is 146 g/mol. The van der Waals surface area contributed by atoms with Gasteiger partial charge in [0.2, 0.25) is 0 Å². The van der Waals surface area contributed by atoms with Gasteiger partial charge in [-0.1, -0.05) is 0 Å². The van der Waals surface area contributed by atoms with E-state index in [0.717, 1.165) is 0 Å². The Morgan fingerprint density at radius 1 is 1.45 bits per heavy atom. The second kappa shape index (κ2) is 3.49. The fourth-order valence-electron chi connectivity index (χ4n) is 1.36. The number of ether oxygens (including phenoxy) is 1. The van der Waals surface area contributed by atoms with Crippen LogP contribution in [0.2, 0.25) is 0 Å². The minimum absolute atomic E-state index is 0.0613. The van der Waals surface area contributed by atoms with Gasteiger partial charge in [-0.25, -0.2) is 0 Å². The van der Waals surface area contributed by atoms with Gasteiger partial charge in [0.1, 0.15) is 0 Å². The van der Waals surface area contributed by atoms with Crippen molar-refractivity contribution in [2.24, 2.45) is 0 Å². The van der Waals surface area contributed by atoms with E-state index in [1.807, 2.05) is 0 Å². The Hall–Kier alpha value is -0.160. The molecule has 1 heterocycles. The maximum atomic E-state index is 9.46. The Labute approximate surface area is 66.2 Å². The SMILES string of the molecule is CN[C@H]1C[C@H](O)O[C@@H](C)[C@H]1O. The van der Waals surface area contributed by atoms with E-state index in [2.05, 4.69) is 5.32 Å². The molecule has 1 fully saturated rings. The molecule has 0 aliphatic carbocycles.